The molecule has 1 heterocycles. The Morgan fingerprint density at radius 3 is 2.76 bits per heavy atom. The Balaban J connectivity index is 2.01. The van der Waals surface area contributed by atoms with Gasteiger partial charge in [-0.2, -0.15) is 0 Å². The van der Waals surface area contributed by atoms with Gasteiger partial charge in [-0.15, -0.1) is 0 Å². The Bertz CT molecular complexity index is 519. The molecule has 0 spiro atoms. The summed E-state index contributed by atoms with van der Waals surface area (Å²) in [5.74, 6) is 0. The Morgan fingerprint density at radius 2 is 2.19 bits per heavy atom. The van der Waals surface area contributed by atoms with Gasteiger partial charge >= 0.3 is 6.03 Å². The topological polar surface area (TPSA) is 105 Å². The number of amides is 2. The molecule has 0 aliphatic carbocycles. The molecule has 1 aromatic carbocycles. The maximum absolute atomic E-state index is 12.2. The van der Waals surface area contributed by atoms with Crippen molar-refractivity contribution < 1.29 is 19.6 Å². The predicted molar refractivity (Wildman–Crippen MR) is 75.1 cm³/mol. The summed E-state index contributed by atoms with van der Waals surface area (Å²) in [6.07, 6.45) is -0.385. The van der Waals surface area contributed by atoms with Gasteiger partial charge in [-0.05, 0) is 19.1 Å². The third-order valence-corrected chi connectivity index (χ3v) is 3.30. The van der Waals surface area contributed by atoms with E-state index >= 15 is 0 Å². The van der Waals surface area contributed by atoms with Crippen LogP contribution in [0.4, 0.5) is 16.2 Å². The summed E-state index contributed by atoms with van der Waals surface area (Å²) in [7, 11) is 0. The normalized spacial score (nSPS) is 21.9. The number of carbonyl (C=O) groups is 1. The lowest BCUT2D eigenvalue weighted by Gasteiger charge is -2.37. The van der Waals surface area contributed by atoms with Crippen molar-refractivity contribution in [2.45, 2.75) is 19.1 Å². The van der Waals surface area contributed by atoms with Gasteiger partial charge in [-0.1, -0.05) is 0 Å². The van der Waals surface area contributed by atoms with Crippen LogP contribution in [0.15, 0.2) is 24.3 Å². The smallest absolute Gasteiger partial charge is 0.322 e. The SMILES string of the molecule is CC1COC(CO)CN1C(=O)Nc1ccc([N+](=O)[O-])cc1. The fourth-order valence-electron chi connectivity index (χ4n) is 2.07. The first-order valence-corrected chi connectivity index (χ1v) is 6.55. The number of urea groups is 1. The van der Waals surface area contributed by atoms with E-state index in [4.69, 9.17) is 9.84 Å². The van der Waals surface area contributed by atoms with Crippen molar-refractivity contribution in [1.29, 1.82) is 0 Å². The van der Waals surface area contributed by atoms with Crippen LogP contribution in [0.1, 0.15) is 6.92 Å². The molecule has 8 nitrogen and oxygen atoms in total. The molecule has 1 saturated heterocycles. The average molecular weight is 295 g/mol. The first kappa shape index (κ1) is 15.2. The number of nitrogens with one attached hydrogen (secondary N) is 1. The number of nitro groups is 1. The molecule has 2 N–H and O–H groups in total. The average Bonchev–Trinajstić information content (AvgIpc) is 2.48. The number of aliphatic hydroxyl groups excluding tert-OH is 1. The summed E-state index contributed by atoms with van der Waals surface area (Å²) in [4.78, 5) is 23.8. The highest BCUT2D eigenvalue weighted by Crippen LogP contribution is 2.17. The molecule has 2 atom stereocenters. The van der Waals surface area contributed by atoms with E-state index in [1.165, 1.54) is 24.3 Å². The zero-order valence-corrected chi connectivity index (χ0v) is 11.6. The van der Waals surface area contributed by atoms with Crippen molar-refractivity contribution in [3.8, 4) is 0 Å². The van der Waals surface area contributed by atoms with Gasteiger partial charge in [0.2, 0.25) is 0 Å². The number of non-ortho nitro benzene ring substituents is 1. The molecule has 0 saturated carbocycles. The van der Waals surface area contributed by atoms with Crippen LogP contribution in [0.3, 0.4) is 0 Å². The number of rotatable bonds is 3. The molecule has 2 unspecified atom stereocenters. The van der Waals surface area contributed by atoms with Gasteiger partial charge in [0.05, 0.1) is 36.8 Å². The Hall–Kier alpha value is -2.19. The number of aliphatic hydroxyl groups is 1. The lowest BCUT2D eigenvalue weighted by molar-refractivity contribution is -0.384. The van der Waals surface area contributed by atoms with Crippen molar-refractivity contribution in [1.82, 2.24) is 4.90 Å². The Labute approximate surface area is 121 Å². The van der Waals surface area contributed by atoms with E-state index in [1.54, 1.807) is 4.90 Å². The molecule has 0 aromatic heterocycles. The number of nitro benzene ring substituents is 1. The molecule has 0 radical (unpaired) electrons. The highest BCUT2D eigenvalue weighted by atomic mass is 16.6. The molecule has 1 aliphatic heterocycles. The van der Waals surface area contributed by atoms with Gasteiger partial charge in [-0.25, -0.2) is 4.79 Å². The van der Waals surface area contributed by atoms with E-state index in [-0.39, 0.29) is 30.5 Å². The number of ether oxygens (including phenoxy) is 1. The van der Waals surface area contributed by atoms with Gasteiger partial charge in [0, 0.05) is 17.8 Å². The Morgan fingerprint density at radius 1 is 1.52 bits per heavy atom. The fourth-order valence-corrected chi connectivity index (χ4v) is 2.07. The minimum atomic E-state index is -0.499. The van der Waals surface area contributed by atoms with E-state index in [9.17, 15) is 14.9 Å². The summed E-state index contributed by atoms with van der Waals surface area (Å²) in [5.41, 5.74) is 0.443. The molecule has 1 aromatic rings. The summed E-state index contributed by atoms with van der Waals surface area (Å²) in [6.45, 7) is 2.37. The molecule has 2 amide bonds. The third-order valence-electron chi connectivity index (χ3n) is 3.30. The quantitative estimate of drug-likeness (QED) is 0.644. The highest BCUT2D eigenvalue weighted by Gasteiger charge is 2.29. The van der Waals surface area contributed by atoms with Crippen LogP contribution in [0.25, 0.3) is 0 Å². The number of anilines is 1. The van der Waals surface area contributed by atoms with Crippen LogP contribution in [0, 0.1) is 10.1 Å². The van der Waals surface area contributed by atoms with Crippen LogP contribution in [-0.4, -0.2) is 52.9 Å². The van der Waals surface area contributed by atoms with Gasteiger partial charge in [0.15, 0.2) is 0 Å². The highest BCUT2D eigenvalue weighted by molar-refractivity contribution is 5.89. The van der Waals surface area contributed by atoms with Crippen LogP contribution < -0.4 is 5.32 Å². The van der Waals surface area contributed by atoms with Crippen LogP contribution in [0.2, 0.25) is 0 Å². The van der Waals surface area contributed by atoms with E-state index in [0.717, 1.165) is 0 Å². The zero-order valence-electron chi connectivity index (χ0n) is 11.6. The Kier molecular flexibility index (Phi) is 4.71. The predicted octanol–water partition coefficient (Wildman–Crippen LogP) is 1.21. The number of hydrogen-bond acceptors (Lipinski definition) is 5. The van der Waals surface area contributed by atoms with E-state index in [0.29, 0.717) is 18.8 Å². The number of carbonyl (C=O) groups excluding carboxylic acids is 1. The molecule has 2 rings (SSSR count). The van der Waals surface area contributed by atoms with Gasteiger partial charge in [0.1, 0.15) is 0 Å². The summed E-state index contributed by atoms with van der Waals surface area (Å²) in [6, 6.07) is 5.18. The van der Waals surface area contributed by atoms with Crippen LogP contribution in [-0.2, 0) is 4.74 Å². The fraction of sp³-hybridized carbons (Fsp3) is 0.462. The first-order chi connectivity index (χ1) is 10.0. The van der Waals surface area contributed by atoms with Crippen molar-refractivity contribution in [3.05, 3.63) is 34.4 Å². The lowest BCUT2D eigenvalue weighted by atomic mass is 10.2. The van der Waals surface area contributed by atoms with E-state index < -0.39 is 4.92 Å². The van der Waals surface area contributed by atoms with Crippen molar-refractivity contribution in [2.75, 3.05) is 25.1 Å². The minimum absolute atomic E-state index is 0.0342. The minimum Gasteiger partial charge on any atom is -0.394 e. The van der Waals surface area contributed by atoms with Gasteiger partial charge < -0.3 is 20.1 Å². The van der Waals surface area contributed by atoms with E-state index in [2.05, 4.69) is 5.32 Å². The zero-order chi connectivity index (χ0) is 15.4. The van der Waals surface area contributed by atoms with Crippen molar-refractivity contribution in [2.24, 2.45) is 0 Å². The largest absolute Gasteiger partial charge is 0.394 e. The van der Waals surface area contributed by atoms with Crippen molar-refractivity contribution in [3.63, 3.8) is 0 Å². The monoisotopic (exact) mass is 295 g/mol. The molecular weight excluding hydrogens is 278 g/mol. The lowest BCUT2D eigenvalue weighted by Crippen LogP contribution is -2.53. The second-order valence-corrected chi connectivity index (χ2v) is 4.87. The maximum Gasteiger partial charge on any atom is 0.322 e. The third kappa shape index (κ3) is 3.67. The second kappa shape index (κ2) is 6.51. The number of nitrogens with zero attached hydrogens (tertiary/aromatic N) is 2. The summed E-state index contributed by atoms with van der Waals surface area (Å²) < 4.78 is 5.37. The van der Waals surface area contributed by atoms with Crippen LogP contribution in [0.5, 0.6) is 0 Å². The summed E-state index contributed by atoms with van der Waals surface area (Å²) >= 11 is 0. The summed E-state index contributed by atoms with van der Waals surface area (Å²) in [5, 5.41) is 22.3. The first-order valence-electron chi connectivity index (χ1n) is 6.55. The van der Waals surface area contributed by atoms with E-state index in [1.807, 2.05) is 6.92 Å². The molecule has 114 valence electrons. The standard InChI is InChI=1S/C13H17N3O5/c1-9-8-21-12(7-17)6-15(9)13(18)14-10-2-4-11(5-3-10)16(19)20/h2-5,9,12,17H,6-8H2,1H3,(H,14,18). The molecule has 0 bridgehead atoms. The molecule has 8 heteroatoms. The second-order valence-electron chi connectivity index (χ2n) is 4.87. The van der Waals surface area contributed by atoms with Gasteiger partial charge in [0.25, 0.3) is 5.69 Å². The number of benzene rings is 1. The molecular formula is C13H17N3O5. The molecule has 1 fully saturated rings. The number of morpholine rings is 1. The van der Waals surface area contributed by atoms with Gasteiger partial charge in [-0.3, -0.25) is 10.1 Å². The van der Waals surface area contributed by atoms with Crippen LogP contribution >= 0.6 is 0 Å². The van der Waals surface area contributed by atoms with Crippen molar-refractivity contribution >= 4 is 17.4 Å². The number of hydrogen-bond donors (Lipinski definition) is 2. The maximum atomic E-state index is 12.2. The molecule has 1 aliphatic rings. The molecule has 21 heavy (non-hydrogen) atoms.